The minimum absolute atomic E-state index is 0.208. The quantitative estimate of drug-likeness (QED) is 0.776. The maximum Gasteiger partial charge on any atom is 0.166 e. The topological polar surface area (TPSA) is 63.4 Å². The standard InChI is InChI=1S/C14H30N2O2S2/c1-5-20(17,18)13-10-19-9-8-16(13)14(4,11-15)7-6-12(2)3/h12-13H,5-11,15H2,1-4H3. The van der Waals surface area contributed by atoms with E-state index in [1.54, 1.807) is 18.7 Å². The summed E-state index contributed by atoms with van der Waals surface area (Å²) in [5, 5.41) is -0.369. The van der Waals surface area contributed by atoms with Crippen molar-refractivity contribution in [3.8, 4) is 0 Å². The molecule has 1 fully saturated rings. The number of hydrogen-bond acceptors (Lipinski definition) is 5. The molecule has 2 unspecified atom stereocenters. The first-order chi connectivity index (χ1) is 9.27. The summed E-state index contributed by atoms with van der Waals surface area (Å²) in [5.74, 6) is 2.49. The highest BCUT2D eigenvalue weighted by Gasteiger charge is 2.42. The van der Waals surface area contributed by atoms with Crippen LogP contribution in [0.3, 0.4) is 0 Å². The number of nitrogens with zero attached hydrogens (tertiary/aromatic N) is 1. The third-order valence-corrected chi connectivity index (χ3v) is 7.58. The number of thioether (sulfide) groups is 1. The van der Waals surface area contributed by atoms with Gasteiger partial charge in [-0.2, -0.15) is 11.8 Å². The number of rotatable bonds is 7. The molecule has 1 rings (SSSR count). The lowest BCUT2D eigenvalue weighted by Crippen LogP contribution is -2.61. The molecule has 6 heteroatoms. The first-order valence-corrected chi connectivity index (χ1v) is 10.4. The summed E-state index contributed by atoms with van der Waals surface area (Å²) >= 11 is 1.74. The van der Waals surface area contributed by atoms with Gasteiger partial charge in [0.15, 0.2) is 9.84 Å². The van der Waals surface area contributed by atoms with Crippen LogP contribution in [0.2, 0.25) is 0 Å². The molecule has 2 atom stereocenters. The van der Waals surface area contributed by atoms with Crippen molar-refractivity contribution < 1.29 is 8.42 Å². The van der Waals surface area contributed by atoms with Crippen LogP contribution in [-0.4, -0.2) is 54.6 Å². The summed E-state index contributed by atoms with van der Waals surface area (Å²) < 4.78 is 24.7. The van der Waals surface area contributed by atoms with E-state index in [-0.39, 0.29) is 16.7 Å². The zero-order valence-corrected chi connectivity index (χ0v) is 14.9. The second kappa shape index (κ2) is 7.47. The van der Waals surface area contributed by atoms with E-state index in [1.165, 1.54) is 0 Å². The Morgan fingerprint density at radius 1 is 1.45 bits per heavy atom. The Labute approximate surface area is 128 Å². The molecule has 0 bridgehead atoms. The fourth-order valence-corrected chi connectivity index (χ4v) is 5.78. The van der Waals surface area contributed by atoms with E-state index >= 15 is 0 Å². The summed E-state index contributed by atoms with van der Waals surface area (Å²) in [6.07, 6.45) is 2.04. The lowest BCUT2D eigenvalue weighted by molar-refractivity contribution is 0.0913. The van der Waals surface area contributed by atoms with Gasteiger partial charge in [-0.3, -0.25) is 4.90 Å². The van der Waals surface area contributed by atoms with E-state index in [4.69, 9.17) is 5.73 Å². The Hall–Kier alpha value is 0.220. The molecule has 4 nitrogen and oxygen atoms in total. The van der Waals surface area contributed by atoms with Gasteiger partial charge in [0, 0.05) is 35.9 Å². The highest BCUT2D eigenvalue weighted by atomic mass is 32.2. The summed E-state index contributed by atoms with van der Waals surface area (Å²) in [6, 6.07) is 0. The Kier molecular flexibility index (Phi) is 6.83. The molecule has 2 N–H and O–H groups in total. The Morgan fingerprint density at radius 3 is 2.60 bits per heavy atom. The van der Waals surface area contributed by atoms with Crippen molar-refractivity contribution >= 4 is 21.6 Å². The van der Waals surface area contributed by atoms with Gasteiger partial charge in [0.05, 0.1) is 0 Å². The molecule has 0 saturated carbocycles. The average Bonchev–Trinajstić information content (AvgIpc) is 2.44. The maximum atomic E-state index is 12.4. The van der Waals surface area contributed by atoms with E-state index in [0.717, 1.165) is 25.1 Å². The van der Waals surface area contributed by atoms with Crippen molar-refractivity contribution in [2.75, 3.05) is 30.3 Å². The number of nitrogens with two attached hydrogens (primary N) is 1. The fraction of sp³-hybridized carbons (Fsp3) is 1.00. The van der Waals surface area contributed by atoms with E-state index in [0.29, 0.717) is 18.2 Å². The van der Waals surface area contributed by atoms with Crippen LogP contribution in [0.1, 0.15) is 40.5 Å². The molecule has 0 aliphatic carbocycles. The lowest BCUT2D eigenvalue weighted by Gasteiger charge is -2.47. The molecule has 20 heavy (non-hydrogen) atoms. The molecule has 0 aromatic rings. The third kappa shape index (κ3) is 4.36. The van der Waals surface area contributed by atoms with Crippen molar-refractivity contribution in [1.82, 2.24) is 4.90 Å². The molecule has 0 spiro atoms. The van der Waals surface area contributed by atoms with Gasteiger partial charge in [0.2, 0.25) is 0 Å². The van der Waals surface area contributed by atoms with Gasteiger partial charge in [-0.15, -0.1) is 0 Å². The Morgan fingerprint density at radius 2 is 2.10 bits per heavy atom. The minimum Gasteiger partial charge on any atom is -0.329 e. The first kappa shape index (κ1) is 18.3. The zero-order chi connectivity index (χ0) is 15.4. The third-order valence-electron chi connectivity index (χ3n) is 4.29. The smallest absolute Gasteiger partial charge is 0.166 e. The molecule has 0 radical (unpaired) electrons. The van der Waals surface area contributed by atoms with Gasteiger partial charge in [-0.25, -0.2) is 8.42 Å². The maximum absolute atomic E-state index is 12.4. The van der Waals surface area contributed by atoms with Crippen LogP contribution in [0, 0.1) is 5.92 Å². The highest BCUT2D eigenvalue weighted by Crippen LogP contribution is 2.31. The second-order valence-electron chi connectivity index (χ2n) is 6.31. The molecule has 1 aliphatic heterocycles. The molecular formula is C14H30N2O2S2. The zero-order valence-electron chi connectivity index (χ0n) is 13.3. The molecule has 1 aliphatic rings. The van der Waals surface area contributed by atoms with Crippen LogP contribution in [0.15, 0.2) is 0 Å². The van der Waals surface area contributed by atoms with Gasteiger partial charge < -0.3 is 5.73 Å². The van der Waals surface area contributed by atoms with Crippen molar-refractivity contribution in [2.45, 2.75) is 51.4 Å². The van der Waals surface area contributed by atoms with E-state index in [9.17, 15) is 8.42 Å². The lowest BCUT2D eigenvalue weighted by atomic mass is 9.90. The van der Waals surface area contributed by atoms with Crippen molar-refractivity contribution in [3.05, 3.63) is 0 Å². The normalized spacial score (nSPS) is 24.8. The van der Waals surface area contributed by atoms with Crippen LogP contribution in [0.4, 0.5) is 0 Å². The Bertz CT molecular complexity index is 398. The number of sulfone groups is 1. The molecule has 1 heterocycles. The molecular weight excluding hydrogens is 292 g/mol. The van der Waals surface area contributed by atoms with Crippen molar-refractivity contribution in [3.63, 3.8) is 0 Å². The van der Waals surface area contributed by atoms with Crippen molar-refractivity contribution in [1.29, 1.82) is 0 Å². The van der Waals surface area contributed by atoms with Gasteiger partial charge in [-0.05, 0) is 25.7 Å². The Balaban J connectivity index is 2.97. The van der Waals surface area contributed by atoms with Crippen LogP contribution in [0.5, 0.6) is 0 Å². The summed E-state index contributed by atoms with van der Waals surface area (Å²) in [4.78, 5) is 2.17. The van der Waals surface area contributed by atoms with Crippen LogP contribution >= 0.6 is 11.8 Å². The van der Waals surface area contributed by atoms with E-state index in [1.807, 2.05) is 0 Å². The molecule has 0 aromatic carbocycles. The summed E-state index contributed by atoms with van der Waals surface area (Å²) in [7, 11) is -3.05. The number of hydrogen-bond donors (Lipinski definition) is 1. The first-order valence-electron chi connectivity index (χ1n) is 7.53. The highest BCUT2D eigenvalue weighted by molar-refractivity contribution is 8.01. The fourth-order valence-electron chi connectivity index (χ4n) is 2.65. The molecule has 0 aromatic heterocycles. The monoisotopic (exact) mass is 322 g/mol. The van der Waals surface area contributed by atoms with E-state index < -0.39 is 9.84 Å². The molecule has 1 saturated heterocycles. The van der Waals surface area contributed by atoms with Gasteiger partial charge in [-0.1, -0.05) is 20.8 Å². The molecule has 0 amide bonds. The average molecular weight is 323 g/mol. The van der Waals surface area contributed by atoms with Gasteiger partial charge >= 0.3 is 0 Å². The predicted molar refractivity (Wildman–Crippen MR) is 88.8 cm³/mol. The summed E-state index contributed by atoms with van der Waals surface area (Å²) in [6.45, 7) is 9.59. The van der Waals surface area contributed by atoms with Crippen molar-refractivity contribution in [2.24, 2.45) is 11.7 Å². The predicted octanol–water partition coefficient (Wildman–Crippen LogP) is 1.95. The summed E-state index contributed by atoms with van der Waals surface area (Å²) in [5.41, 5.74) is 5.82. The second-order valence-corrected chi connectivity index (χ2v) is 9.91. The minimum atomic E-state index is -3.05. The van der Waals surface area contributed by atoms with Gasteiger partial charge in [0.1, 0.15) is 5.37 Å². The molecule has 120 valence electrons. The van der Waals surface area contributed by atoms with Crippen LogP contribution in [0.25, 0.3) is 0 Å². The SMILES string of the molecule is CCS(=O)(=O)C1CSCCN1C(C)(CN)CCC(C)C. The van der Waals surface area contributed by atoms with E-state index in [2.05, 4.69) is 25.7 Å². The van der Waals surface area contributed by atoms with Crippen LogP contribution < -0.4 is 5.73 Å². The van der Waals surface area contributed by atoms with Gasteiger partial charge in [0.25, 0.3) is 0 Å². The van der Waals surface area contributed by atoms with Crippen LogP contribution in [-0.2, 0) is 9.84 Å². The largest absolute Gasteiger partial charge is 0.329 e.